The molecule has 9 nitrogen and oxygen atoms in total. The first-order valence-corrected chi connectivity index (χ1v) is 9.54. The van der Waals surface area contributed by atoms with Gasteiger partial charge in [0.25, 0.3) is 11.8 Å². The van der Waals surface area contributed by atoms with Crippen molar-refractivity contribution in [2.45, 2.75) is 13.0 Å². The zero-order valence-corrected chi connectivity index (χ0v) is 17.7. The van der Waals surface area contributed by atoms with Crippen LogP contribution in [0, 0.1) is 0 Å². The largest absolute Gasteiger partial charge is 0.497 e. The highest BCUT2D eigenvalue weighted by molar-refractivity contribution is 5.85. The Bertz CT molecular complexity index is 887. The van der Waals surface area contributed by atoms with E-state index in [4.69, 9.17) is 18.9 Å². The van der Waals surface area contributed by atoms with Gasteiger partial charge in [0, 0.05) is 5.56 Å². The number of para-hydroxylation sites is 1. The van der Waals surface area contributed by atoms with Crippen molar-refractivity contribution < 1.29 is 33.3 Å². The quantitative estimate of drug-likeness (QED) is 0.521. The van der Waals surface area contributed by atoms with Gasteiger partial charge in [0.1, 0.15) is 23.8 Å². The van der Waals surface area contributed by atoms with E-state index < -0.39 is 30.4 Å². The van der Waals surface area contributed by atoms with Gasteiger partial charge in [0.2, 0.25) is 0 Å². The molecule has 2 aromatic rings. The molecule has 0 heterocycles. The topological polar surface area (TPSA) is 112 Å². The van der Waals surface area contributed by atoms with Crippen molar-refractivity contribution in [3.8, 4) is 17.2 Å². The molecule has 0 bridgehead atoms. The van der Waals surface area contributed by atoms with Gasteiger partial charge in [-0.05, 0) is 37.3 Å². The summed E-state index contributed by atoms with van der Waals surface area (Å²) in [6.07, 6.45) is 0. The number of nitrogens with one attached hydrogen (secondary N) is 2. The molecule has 2 amide bonds. The number of methoxy groups -OCH3 is 2. The summed E-state index contributed by atoms with van der Waals surface area (Å²) in [7, 11) is 3.07. The standard InChI is InChI=1S/C22H26N2O7/c1-15(18-11-17(28-2)9-10-19(18)29-3)24-21(26)14-31-22(27)12-23-20(25)13-30-16-7-5-4-6-8-16/h4-11,15H,12-14H2,1-3H3,(H,23,25)(H,24,26). The molecule has 0 radical (unpaired) electrons. The van der Waals surface area contributed by atoms with Gasteiger partial charge in [-0.25, -0.2) is 0 Å². The fourth-order valence-electron chi connectivity index (χ4n) is 2.62. The summed E-state index contributed by atoms with van der Waals surface area (Å²) in [5.41, 5.74) is 0.715. The minimum atomic E-state index is -0.741. The summed E-state index contributed by atoms with van der Waals surface area (Å²) in [5, 5.41) is 5.09. The van der Waals surface area contributed by atoms with Crippen LogP contribution in [0.5, 0.6) is 17.2 Å². The third-order valence-corrected chi connectivity index (χ3v) is 4.19. The third-order valence-electron chi connectivity index (χ3n) is 4.19. The molecule has 0 fully saturated rings. The fraction of sp³-hybridized carbons (Fsp3) is 0.318. The number of hydrogen-bond acceptors (Lipinski definition) is 7. The number of amides is 2. The summed E-state index contributed by atoms with van der Waals surface area (Å²) in [6.45, 7) is 0.678. The highest BCUT2D eigenvalue weighted by Gasteiger charge is 2.16. The van der Waals surface area contributed by atoms with Crippen molar-refractivity contribution in [1.29, 1.82) is 0 Å². The van der Waals surface area contributed by atoms with Gasteiger partial charge in [-0.15, -0.1) is 0 Å². The van der Waals surface area contributed by atoms with Crippen molar-refractivity contribution in [2.75, 3.05) is 34.0 Å². The van der Waals surface area contributed by atoms with E-state index in [-0.39, 0.29) is 13.2 Å². The van der Waals surface area contributed by atoms with Crippen LogP contribution in [0.3, 0.4) is 0 Å². The smallest absolute Gasteiger partial charge is 0.325 e. The van der Waals surface area contributed by atoms with Crippen LogP contribution >= 0.6 is 0 Å². The van der Waals surface area contributed by atoms with Crippen LogP contribution in [-0.4, -0.2) is 51.8 Å². The normalized spacial score (nSPS) is 11.1. The monoisotopic (exact) mass is 430 g/mol. The number of esters is 1. The summed E-state index contributed by atoms with van der Waals surface area (Å²) < 4.78 is 20.7. The minimum Gasteiger partial charge on any atom is -0.497 e. The second-order valence-corrected chi connectivity index (χ2v) is 6.44. The highest BCUT2D eigenvalue weighted by Crippen LogP contribution is 2.29. The van der Waals surface area contributed by atoms with Crippen LogP contribution in [0.25, 0.3) is 0 Å². The van der Waals surface area contributed by atoms with E-state index >= 15 is 0 Å². The Balaban J connectivity index is 1.72. The summed E-state index contributed by atoms with van der Waals surface area (Å²) in [4.78, 5) is 35.6. The van der Waals surface area contributed by atoms with Gasteiger partial charge in [-0.1, -0.05) is 18.2 Å². The molecule has 1 atom stereocenters. The molecule has 0 saturated carbocycles. The Morgan fingerprint density at radius 3 is 2.32 bits per heavy atom. The van der Waals surface area contributed by atoms with Crippen LogP contribution < -0.4 is 24.8 Å². The van der Waals surface area contributed by atoms with Gasteiger partial charge in [-0.2, -0.15) is 0 Å². The van der Waals surface area contributed by atoms with Crippen molar-refractivity contribution in [3.63, 3.8) is 0 Å². The lowest BCUT2D eigenvalue weighted by Crippen LogP contribution is -2.36. The van der Waals surface area contributed by atoms with E-state index in [0.717, 1.165) is 0 Å². The molecule has 0 aliphatic carbocycles. The maximum absolute atomic E-state index is 12.1. The highest BCUT2D eigenvalue weighted by atomic mass is 16.5. The van der Waals surface area contributed by atoms with Crippen LogP contribution in [0.15, 0.2) is 48.5 Å². The van der Waals surface area contributed by atoms with E-state index in [1.165, 1.54) is 7.11 Å². The van der Waals surface area contributed by atoms with Gasteiger partial charge < -0.3 is 29.6 Å². The van der Waals surface area contributed by atoms with Crippen LogP contribution in [0.4, 0.5) is 0 Å². The second kappa shape index (κ2) is 12.1. The van der Waals surface area contributed by atoms with Gasteiger partial charge in [0.05, 0.1) is 20.3 Å². The zero-order chi connectivity index (χ0) is 22.6. The number of benzene rings is 2. The number of carbonyl (C=O) groups excluding carboxylic acids is 3. The lowest BCUT2D eigenvalue weighted by Gasteiger charge is -2.18. The second-order valence-electron chi connectivity index (χ2n) is 6.44. The molecule has 1 unspecified atom stereocenters. The summed E-state index contributed by atoms with van der Waals surface area (Å²) >= 11 is 0. The predicted octanol–water partition coefficient (Wildman–Crippen LogP) is 1.62. The Labute approximate surface area is 180 Å². The predicted molar refractivity (Wildman–Crippen MR) is 112 cm³/mol. The zero-order valence-electron chi connectivity index (χ0n) is 17.7. The maximum Gasteiger partial charge on any atom is 0.325 e. The third kappa shape index (κ3) is 7.88. The molecule has 0 aliphatic heterocycles. The van der Waals surface area contributed by atoms with Crippen molar-refractivity contribution in [2.24, 2.45) is 0 Å². The summed E-state index contributed by atoms with van der Waals surface area (Å²) in [5.74, 6) is 0.0308. The number of ether oxygens (including phenoxy) is 4. The Morgan fingerprint density at radius 1 is 0.903 bits per heavy atom. The van der Waals surface area contributed by atoms with Gasteiger partial charge >= 0.3 is 5.97 Å². The molecular formula is C22H26N2O7. The molecule has 9 heteroatoms. The first-order valence-electron chi connectivity index (χ1n) is 9.54. The van der Waals surface area contributed by atoms with E-state index in [9.17, 15) is 14.4 Å². The lowest BCUT2D eigenvalue weighted by molar-refractivity contribution is -0.148. The Morgan fingerprint density at radius 2 is 1.65 bits per heavy atom. The first-order chi connectivity index (χ1) is 14.9. The molecule has 31 heavy (non-hydrogen) atoms. The Hall–Kier alpha value is -3.75. The van der Waals surface area contributed by atoms with Crippen LogP contribution in [-0.2, 0) is 19.1 Å². The molecule has 2 N–H and O–H groups in total. The number of hydrogen-bond donors (Lipinski definition) is 2. The molecule has 0 spiro atoms. The van der Waals surface area contributed by atoms with Crippen LogP contribution in [0.1, 0.15) is 18.5 Å². The molecule has 0 aliphatic rings. The van der Waals surface area contributed by atoms with Crippen molar-refractivity contribution in [1.82, 2.24) is 10.6 Å². The number of rotatable bonds is 11. The molecular weight excluding hydrogens is 404 g/mol. The average molecular weight is 430 g/mol. The van der Waals surface area contributed by atoms with E-state index in [1.807, 2.05) is 6.07 Å². The molecule has 2 rings (SSSR count). The molecule has 166 valence electrons. The van der Waals surface area contributed by atoms with Gasteiger partial charge in [0.15, 0.2) is 13.2 Å². The summed E-state index contributed by atoms with van der Waals surface area (Å²) in [6, 6.07) is 13.6. The lowest BCUT2D eigenvalue weighted by atomic mass is 10.1. The maximum atomic E-state index is 12.1. The van der Waals surface area contributed by atoms with E-state index in [1.54, 1.807) is 56.5 Å². The molecule has 2 aromatic carbocycles. The average Bonchev–Trinajstić information content (AvgIpc) is 2.80. The SMILES string of the molecule is COc1ccc(OC)c(C(C)NC(=O)COC(=O)CNC(=O)COc2ccccc2)c1. The minimum absolute atomic E-state index is 0.238. The van der Waals surface area contributed by atoms with E-state index in [2.05, 4.69) is 10.6 Å². The Kier molecular flexibility index (Phi) is 9.15. The first kappa shape index (κ1) is 23.5. The van der Waals surface area contributed by atoms with Gasteiger partial charge in [-0.3, -0.25) is 14.4 Å². The van der Waals surface area contributed by atoms with Crippen LogP contribution in [0.2, 0.25) is 0 Å². The van der Waals surface area contributed by atoms with Crippen molar-refractivity contribution in [3.05, 3.63) is 54.1 Å². The fourth-order valence-corrected chi connectivity index (χ4v) is 2.62. The molecule has 0 saturated heterocycles. The van der Waals surface area contributed by atoms with E-state index in [0.29, 0.717) is 22.8 Å². The van der Waals surface area contributed by atoms with Crippen molar-refractivity contribution >= 4 is 17.8 Å². The number of carbonyl (C=O) groups is 3. The molecule has 0 aromatic heterocycles.